The molecule has 3 N–H and O–H groups in total. The van der Waals surface area contributed by atoms with Crippen LogP contribution in [-0.2, 0) is 9.53 Å². The third kappa shape index (κ3) is 6.89. The van der Waals surface area contributed by atoms with E-state index in [0.29, 0.717) is 12.6 Å². The van der Waals surface area contributed by atoms with Crippen LogP contribution in [0.3, 0.4) is 0 Å². The molecule has 0 bridgehead atoms. The summed E-state index contributed by atoms with van der Waals surface area (Å²) in [6.07, 6.45) is 1.66. The Morgan fingerprint density at radius 3 is 2.42 bits per heavy atom. The maximum Gasteiger partial charge on any atom is 0.237 e. The van der Waals surface area contributed by atoms with Crippen molar-refractivity contribution in [3.8, 4) is 0 Å². The van der Waals surface area contributed by atoms with Crippen molar-refractivity contribution in [2.45, 2.75) is 58.2 Å². The lowest BCUT2D eigenvalue weighted by molar-refractivity contribution is -0.124. The Labute approximate surface area is 117 Å². The molecule has 114 valence electrons. The zero-order chi connectivity index (χ0) is 15.1. The minimum Gasteiger partial charge on any atom is -0.383 e. The Balaban J connectivity index is 4.23. The molecule has 0 rings (SSSR count). The summed E-state index contributed by atoms with van der Waals surface area (Å²) in [5.41, 5.74) is 4.88. The van der Waals surface area contributed by atoms with Gasteiger partial charge in [-0.1, -0.05) is 0 Å². The van der Waals surface area contributed by atoms with Gasteiger partial charge < -0.3 is 20.7 Å². The number of hydrogen-bond acceptors (Lipinski definition) is 4. The van der Waals surface area contributed by atoms with Crippen molar-refractivity contribution >= 4 is 5.91 Å². The number of nitrogens with zero attached hydrogens (tertiary/aromatic N) is 1. The molecule has 0 aromatic heterocycles. The molecule has 0 aliphatic rings. The molecule has 0 aromatic carbocycles. The molecule has 2 atom stereocenters. The van der Waals surface area contributed by atoms with Crippen molar-refractivity contribution in [1.29, 1.82) is 0 Å². The van der Waals surface area contributed by atoms with Gasteiger partial charge in [0.1, 0.15) is 0 Å². The van der Waals surface area contributed by atoms with Gasteiger partial charge in [-0.3, -0.25) is 4.79 Å². The van der Waals surface area contributed by atoms with Crippen molar-refractivity contribution in [2.24, 2.45) is 5.73 Å². The number of primary amides is 1. The monoisotopic (exact) mass is 273 g/mol. The first-order valence-corrected chi connectivity index (χ1v) is 6.99. The van der Waals surface area contributed by atoms with Gasteiger partial charge in [0.15, 0.2) is 0 Å². The number of ether oxygens (including phenoxy) is 1. The topological polar surface area (TPSA) is 67.6 Å². The molecule has 19 heavy (non-hydrogen) atoms. The van der Waals surface area contributed by atoms with Crippen molar-refractivity contribution in [1.82, 2.24) is 10.2 Å². The van der Waals surface area contributed by atoms with Crippen LogP contribution in [0.4, 0.5) is 0 Å². The zero-order valence-electron chi connectivity index (χ0n) is 13.3. The SMILES string of the molecule is COCC(C)N(C)CCCC(C)(NC(C)C)C(N)=O. The summed E-state index contributed by atoms with van der Waals surface area (Å²) in [5, 5.41) is 3.27. The second kappa shape index (κ2) is 8.51. The Morgan fingerprint density at radius 1 is 1.42 bits per heavy atom. The number of amides is 1. The van der Waals surface area contributed by atoms with Gasteiger partial charge in [-0.25, -0.2) is 0 Å². The molecule has 0 radical (unpaired) electrons. The molecule has 0 heterocycles. The van der Waals surface area contributed by atoms with Gasteiger partial charge in [-0.2, -0.15) is 0 Å². The summed E-state index contributed by atoms with van der Waals surface area (Å²) < 4.78 is 5.13. The van der Waals surface area contributed by atoms with E-state index in [4.69, 9.17) is 10.5 Å². The Morgan fingerprint density at radius 2 is 2.00 bits per heavy atom. The van der Waals surface area contributed by atoms with Crippen LogP contribution in [0.15, 0.2) is 0 Å². The van der Waals surface area contributed by atoms with Crippen LogP contribution >= 0.6 is 0 Å². The fraction of sp³-hybridized carbons (Fsp3) is 0.929. The van der Waals surface area contributed by atoms with E-state index in [9.17, 15) is 4.79 Å². The summed E-state index contributed by atoms with van der Waals surface area (Å²) >= 11 is 0. The largest absolute Gasteiger partial charge is 0.383 e. The van der Waals surface area contributed by atoms with Crippen LogP contribution in [0, 0.1) is 0 Å². The van der Waals surface area contributed by atoms with Gasteiger partial charge in [0.2, 0.25) is 5.91 Å². The number of nitrogens with one attached hydrogen (secondary N) is 1. The zero-order valence-corrected chi connectivity index (χ0v) is 13.3. The summed E-state index contributed by atoms with van der Waals surface area (Å²) in [6.45, 7) is 9.69. The molecule has 5 heteroatoms. The second-order valence-corrected chi connectivity index (χ2v) is 5.88. The van der Waals surface area contributed by atoms with Gasteiger partial charge in [0, 0.05) is 19.2 Å². The van der Waals surface area contributed by atoms with Crippen LogP contribution in [0.1, 0.15) is 40.5 Å². The van der Waals surface area contributed by atoms with Gasteiger partial charge in [0.05, 0.1) is 12.1 Å². The highest BCUT2D eigenvalue weighted by atomic mass is 16.5. The molecule has 5 nitrogen and oxygen atoms in total. The summed E-state index contributed by atoms with van der Waals surface area (Å²) in [6, 6.07) is 0.616. The summed E-state index contributed by atoms with van der Waals surface area (Å²) in [5.74, 6) is -0.284. The lowest BCUT2D eigenvalue weighted by Crippen LogP contribution is -2.55. The smallest absolute Gasteiger partial charge is 0.237 e. The van der Waals surface area contributed by atoms with Gasteiger partial charge in [0.25, 0.3) is 0 Å². The maximum atomic E-state index is 11.6. The number of methoxy groups -OCH3 is 1. The molecule has 0 aliphatic carbocycles. The van der Waals surface area contributed by atoms with E-state index in [1.165, 1.54) is 0 Å². The van der Waals surface area contributed by atoms with E-state index in [0.717, 1.165) is 19.4 Å². The van der Waals surface area contributed by atoms with Crippen LogP contribution in [0.5, 0.6) is 0 Å². The summed E-state index contributed by atoms with van der Waals surface area (Å²) in [4.78, 5) is 13.8. The number of likely N-dealkylation sites (N-methyl/N-ethyl adjacent to an activating group) is 1. The number of rotatable bonds is 10. The fourth-order valence-electron chi connectivity index (χ4n) is 2.17. The number of hydrogen-bond donors (Lipinski definition) is 2. The van der Waals surface area contributed by atoms with Crippen molar-refractivity contribution in [2.75, 3.05) is 27.3 Å². The molecule has 0 spiro atoms. The van der Waals surface area contributed by atoms with E-state index in [2.05, 4.69) is 24.2 Å². The highest BCUT2D eigenvalue weighted by Crippen LogP contribution is 2.14. The van der Waals surface area contributed by atoms with Crippen LogP contribution < -0.4 is 11.1 Å². The lowest BCUT2D eigenvalue weighted by atomic mass is 9.93. The second-order valence-electron chi connectivity index (χ2n) is 5.88. The fourth-order valence-corrected chi connectivity index (χ4v) is 2.17. The Hall–Kier alpha value is -0.650. The van der Waals surface area contributed by atoms with Gasteiger partial charge in [-0.05, 0) is 54.1 Å². The lowest BCUT2D eigenvalue weighted by Gasteiger charge is -2.31. The highest BCUT2D eigenvalue weighted by Gasteiger charge is 2.30. The van der Waals surface area contributed by atoms with Crippen molar-refractivity contribution in [3.63, 3.8) is 0 Å². The third-order valence-electron chi connectivity index (χ3n) is 3.50. The van der Waals surface area contributed by atoms with Gasteiger partial charge in [-0.15, -0.1) is 0 Å². The van der Waals surface area contributed by atoms with E-state index in [1.807, 2.05) is 20.8 Å². The molecule has 2 unspecified atom stereocenters. The molecule has 0 saturated carbocycles. The molecule has 0 saturated heterocycles. The van der Waals surface area contributed by atoms with Gasteiger partial charge >= 0.3 is 0 Å². The molecular weight excluding hydrogens is 242 g/mol. The number of nitrogens with two attached hydrogens (primary N) is 1. The van der Waals surface area contributed by atoms with E-state index >= 15 is 0 Å². The van der Waals surface area contributed by atoms with Crippen LogP contribution in [0.25, 0.3) is 0 Å². The average Bonchev–Trinajstić information content (AvgIpc) is 2.27. The third-order valence-corrected chi connectivity index (χ3v) is 3.50. The average molecular weight is 273 g/mol. The molecule has 0 aliphatic heterocycles. The van der Waals surface area contributed by atoms with Crippen molar-refractivity contribution in [3.05, 3.63) is 0 Å². The Kier molecular flexibility index (Phi) is 8.22. The predicted molar refractivity (Wildman–Crippen MR) is 79.1 cm³/mol. The highest BCUT2D eigenvalue weighted by molar-refractivity contribution is 5.84. The minimum atomic E-state index is -0.625. The van der Waals surface area contributed by atoms with E-state index in [1.54, 1.807) is 7.11 Å². The first-order valence-electron chi connectivity index (χ1n) is 6.99. The van der Waals surface area contributed by atoms with Crippen LogP contribution in [0.2, 0.25) is 0 Å². The van der Waals surface area contributed by atoms with E-state index < -0.39 is 5.54 Å². The minimum absolute atomic E-state index is 0.239. The number of carbonyl (C=O) groups excluding carboxylic acids is 1. The predicted octanol–water partition coefficient (Wildman–Crippen LogP) is 0.975. The summed E-state index contributed by atoms with van der Waals surface area (Å²) in [7, 11) is 3.78. The number of carbonyl (C=O) groups is 1. The van der Waals surface area contributed by atoms with E-state index in [-0.39, 0.29) is 11.9 Å². The standard InChI is InChI=1S/C14H31N3O2/c1-11(2)16-14(4,13(15)18)8-7-9-17(5)12(3)10-19-6/h11-12,16H,7-10H2,1-6H3,(H2,15,18). The Bertz CT molecular complexity index is 271. The quantitative estimate of drug-likeness (QED) is 0.622. The molecule has 0 fully saturated rings. The molecule has 0 aromatic rings. The molecule has 1 amide bonds. The normalized spacial score (nSPS) is 16.6. The van der Waals surface area contributed by atoms with Crippen LogP contribution in [-0.4, -0.2) is 55.7 Å². The van der Waals surface area contributed by atoms with Crippen molar-refractivity contribution < 1.29 is 9.53 Å². The first kappa shape index (κ1) is 18.4. The molecular formula is C14H31N3O2. The first-order chi connectivity index (χ1) is 8.73. The maximum absolute atomic E-state index is 11.6.